The lowest BCUT2D eigenvalue weighted by atomic mass is 9.92. The van der Waals surface area contributed by atoms with Crippen LogP contribution in [0.25, 0.3) is 82.4 Å². The number of anilines is 3. The lowest BCUT2D eigenvalue weighted by Gasteiger charge is -2.31. The van der Waals surface area contributed by atoms with Crippen molar-refractivity contribution in [3.63, 3.8) is 0 Å². The van der Waals surface area contributed by atoms with Crippen LogP contribution in [-0.4, -0.2) is 4.57 Å². The molecule has 11 aromatic rings. The van der Waals surface area contributed by atoms with Crippen molar-refractivity contribution in [3.05, 3.63) is 231 Å². The molecule has 272 valence electrons. The van der Waals surface area contributed by atoms with Gasteiger partial charge in [-0.3, -0.25) is 0 Å². The van der Waals surface area contributed by atoms with Crippen LogP contribution in [0, 0.1) is 0 Å². The second-order valence-electron chi connectivity index (χ2n) is 14.9. The Morgan fingerprint density at radius 2 is 0.759 bits per heavy atom. The van der Waals surface area contributed by atoms with E-state index in [1.807, 2.05) is 0 Å². The van der Waals surface area contributed by atoms with Gasteiger partial charge in [0.05, 0.1) is 28.1 Å². The van der Waals surface area contributed by atoms with E-state index in [0.29, 0.717) is 0 Å². The van der Waals surface area contributed by atoms with E-state index in [-0.39, 0.29) is 0 Å². The molecule has 0 aliphatic rings. The van der Waals surface area contributed by atoms with Gasteiger partial charge in [0.1, 0.15) is 0 Å². The highest BCUT2D eigenvalue weighted by Gasteiger charge is 2.23. The van der Waals surface area contributed by atoms with E-state index in [9.17, 15) is 0 Å². The molecule has 0 radical (unpaired) electrons. The summed E-state index contributed by atoms with van der Waals surface area (Å²) in [5.74, 6) is 0. The molecule has 1 aromatic heterocycles. The van der Waals surface area contributed by atoms with Crippen molar-refractivity contribution in [2.45, 2.75) is 0 Å². The van der Waals surface area contributed by atoms with Crippen LogP contribution in [0.5, 0.6) is 0 Å². The van der Waals surface area contributed by atoms with Crippen molar-refractivity contribution in [1.82, 2.24) is 4.57 Å². The van der Waals surface area contributed by atoms with Gasteiger partial charge in [-0.1, -0.05) is 188 Å². The van der Waals surface area contributed by atoms with Crippen molar-refractivity contribution in [1.29, 1.82) is 0 Å². The molecule has 0 bridgehead atoms. The molecule has 0 spiro atoms. The first-order chi connectivity index (χ1) is 28.8. The minimum absolute atomic E-state index is 1.10. The zero-order valence-corrected chi connectivity index (χ0v) is 31.8. The van der Waals surface area contributed by atoms with Crippen LogP contribution in [0.3, 0.4) is 0 Å². The second-order valence-corrected chi connectivity index (χ2v) is 14.9. The van der Waals surface area contributed by atoms with Crippen LogP contribution in [0.4, 0.5) is 17.1 Å². The normalized spacial score (nSPS) is 11.4. The third kappa shape index (κ3) is 5.57. The van der Waals surface area contributed by atoms with Crippen LogP contribution in [0.15, 0.2) is 231 Å². The standard InChI is InChI=1S/C56H38N2/c1-2-18-40(19-3-1)44-25-8-12-32-52(44)58(56-37-36-48(47-27-6-7-28-49(47)56)46-31-17-21-39-20-4-5-24-43(39)46)53-33-13-9-26-45(53)41-22-16-23-42(38-41)57-54-34-14-10-29-50(54)51-30-11-15-35-55(51)57/h1-38H. The largest absolute Gasteiger partial charge is 0.309 e. The summed E-state index contributed by atoms with van der Waals surface area (Å²) in [6.07, 6.45) is 0. The van der Waals surface area contributed by atoms with Gasteiger partial charge in [-0.05, 0) is 80.9 Å². The predicted molar refractivity (Wildman–Crippen MR) is 247 cm³/mol. The Morgan fingerprint density at radius 3 is 1.48 bits per heavy atom. The van der Waals surface area contributed by atoms with Crippen molar-refractivity contribution in [3.8, 4) is 39.1 Å². The summed E-state index contributed by atoms with van der Waals surface area (Å²) in [4.78, 5) is 2.49. The van der Waals surface area contributed by atoms with Gasteiger partial charge >= 0.3 is 0 Å². The fourth-order valence-corrected chi connectivity index (χ4v) is 9.02. The van der Waals surface area contributed by atoms with E-state index in [1.54, 1.807) is 0 Å². The zero-order chi connectivity index (χ0) is 38.4. The Morgan fingerprint density at radius 1 is 0.276 bits per heavy atom. The van der Waals surface area contributed by atoms with E-state index in [0.717, 1.165) is 33.9 Å². The quantitative estimate of drug-likeness (QED) is 0.158. The first-order valence-electron chi connectivity index (χ1n) is 19.9. The summed E-state index contributed by atoms with van der Waals surface area (Å²) in [6, 6.07) is 83.8. The maximum absolute atomic E-state index is 2.49. The average molecular weight is 739 g/mol. The van der Waals surface area contributed by atoms with Gasteiger partial charge in [0, 0.05) is 33.0 Å². The van der Waals surface area contributed by atoms with Gasteiger partial charge < -0.3 is 9.47 Å². The third-order valence-electron chi connectivity index (χ3n) is 11.6. The summed E-state index contributed by atoms with van der Waals surface area (Å²) in [6.45, 7) is 0. The maximum atomic E-state index is 2.49. The van der Waals surface area contributed by atoms with Crippen LogP contribution in [0.1, 0.15) is 0 Å². The molecule has 10 aromatic carbocycles. The minimum Gasteiger partial charge on any atom is -0.309 e. The average Bonchev–Trinajstić information content (AvgIpc) is 3.64. The summed E-state index contributed by atoms with van der Waals surface area (Å²) < 4.78 is 2.40. The van der Waals surface area contributed by atoms with Gasteiger partial charge in [0.15, 0.2) is 0 Å². The monoisotopic (exact) mass is 738 g/mol. The molecule has 0 N–H and O–H groups in total. The number of hydrogen-bond donors (Lipinski definition) is 0. The molecule has 1 heterocycles. The SMILES string of the molecule is c1ccc(-c2ccccc2N(c2ccccc2-c2cccc(-n3c4ccccc4c4ccccc43)c2)c2ccc(-c3cccc4ccccc34)c3ccccc23)cc1. The number of hydrogen-bond acceptors (Lipinski definition) is 1. The molecule has 0 saturated heterocycles. The Balaban J connectivity index is 1.16. The Bertz CT molecular complexity index is 3240. The number of aromatic nitrogens is 1. The number of para-hydroxylation sites is 4. The molecular formula is C56H38N2. The van der Waals surface area contributed by atoms with Crippen molar-refractivity contribution >= 4 is 60.4 Å². The predicted octanol–water partition coefficient (Wildman–Crippen LogP) is 15.6. The fourth-order valence-electron chi connectivity index (χ4n) is 9.02. The molecule has 0 amide bonds. The van der Waals surface area contributed by atoms with Crippen LogP contribution >= 0.6 is 0 Å². The second kappa shape index (κ2) is 14.1. The lowest BCUT2D eigenvalue weighted by Crippen LogP contribution is -2.13. The smallest absolute Gasteiger partial charge is 0.0541 e. The third-order valence-corrected chi connectivity index (χ3v) is 11.6. The van der Waals surface area contributed by atoms with Gasteiger partial charge in [-0.25, -0.2) is 0 Å². The lowest BCUT2D eigenvalue weighted by molar-refractivity contribution is 1.18. The fraction of sp³-hybridized carbons (Fsp3) is 0. The first-order valence-corrected chi connectivity index (χ1v) is 19.9. The Labute approximate surface area is 338 Å². The van der Waals surface area contributed by atoms with Crippen molar-refractivity contribution in [2.24, 2.45) is 0 Å². The summed E-state index contributed by atoms with van der Waals surface area (Å²) in [5, 5.41) is 7.40. The molecule has 0 fully saturated rings. The molecule has 0 aliphatic heterocycles. The number of benzene rings is 10. The zero-order valence-electron chi connectivity index (χ0n) is 31.8. The van der Waals surface area contributed by atoms with Gasteiger partial charge in [0.2, 0.25) is 0 Å². The van der Waals surface area contributed by atoms with E-state index in [1.165, 1.54) is 65.6 Å². The summed E-state index contributed by atoms with van der Waals surface area (Å²) in [7, 11) is 0. The first kappa shape index (κ1) is 33.6. The highest BCUT2D eigenvalue weighted by atomic mass is 15.1. The highest BCUT2D eigenvalue weighted by molar-refractivity contribution is 6.12. The van der Waals surface area contributed by atoms with Crippen molar-refractivity contribution in [2.75, 3.05) is 4.90 Å². The van der Waals surface area contributed by atoms with Crippen LogP contribution < -0.4 is 4.90 Å². The highest BCUT2D eigenvalue weighted by Crippen LogP contribution is 2.48. The van der Waals surface area contributed by atoms with E-state index < -0.39 is 0 Å². The van der Waals surface area contributed by atoms with Crippen LogP contribution in [0.2, 0.25) is 0 Å². The number of rotatable bonds is 7. The van der Waals surface area contributed by atoms with Gasteiger partial charge in [-0.2, -0.15) is 0 Å². The van der Waals surface area contributed by atoms with Gasteiger partial charge in [0.25, 0.3) is 0 Å². The molecule has 2 heteroatoms. The molecule has 0 aliphatic carbocycles. The molecule has 11 rings (SSSR count). The molecule has 0 saturated carbocycles. The molecule has 0 atom stereocenters. The molecule has 2 nitrogen and oxygen atoms in total. The van der Waals surface area contributed by atoms with Crippen LogP contribution in [-0.2, 0) is 0 Å². The Kier molecular flexibility index (Phi) is 8.19. The van der Waals surface area contributed by atoms with Crippen molar-refractivity contribution < 1.29 is 0 Å². The number of nitrogens with zero attached hydrogens (tertiary/aromatic N) is 2. The maximum Gasteiger partial charge on any atom is 0.0541 e. The van der Waals surface area contributed by atoms with E-state index in [4.69, 9.17) is 0 Å². The Hall–Kier alpha value is -7.68. The van der Waals surface area contributed by atoms with Gasteiger partial charge in [-0.15, -0.1) is 0 Å². The number of fused-ring (bicyclic) bond motifs is 5. The van der Waals surface area contributed by atoms with E-state index in [2.05, 4.69) is 240 Å². The van der Waals surface area contributed by atoms with E-state index >= 15 is 0 Å². The summed E-state index contributed by atoms with van der Waals surface area (Å²) in [5.41, 5.74) is 14.0. The minimum atomic E-state index is 1.10. The molecule has 58 heavy (non-hydrogen) atoms. The summed E-state index contributed by atoms with van der Waals surface area (Å²) >= 11 is 0. The topological polar surface area (TPSA) is 8.17 Å². The molecule has 0 unspecified atom stereocenters. The molecular weight excluding hydrogens is 701 g/mol.